The first-order chi connectivity index (χ1) is 14.5. The number of nitrogens with zero attached hydrogens (tertiary/aromatic N) is 1. The smallest absolute Gasteiger partial charge is 0.379 e. The van der Waals surface area contributed by atoms with Crippen molar-refractivity contribution >= 4 is 17.8 Å². The molecule has 0 fully saturated rings. The fourth-order valence-electron chi connectivity index (χ4n) is 2.64. The van der Waals surface area contributed by atoms with Gasteiger partial charge in [-0.15, -0.1) is 0 Å². The van der Waals surface area contributed by atoms with Gasteiger partial charge in [-0.3, -0.25) is 4.79 Å². The third-order valence-corrected chi connectivity index (χ3v) is 4.12. The van der Waals surface area contributed by atoms with Crippen molar-refractivity contribution < 1.29 is 28.2 Å². The highest BCUT2D eigenvalue weighted by molar-refractivity contribution is 6.14. The van der Waals surface area contributed by atoms with Gasteiger partial charge in [0, 0.05) is 5.56 Å². The van der Waals surface area contributed by atoms with Crippen LogP contribution in [0, 0.1) is 11.3 Å². The maximum Gasteiger partial charge on any atom is 0.379 e. The summed E-state index contributed by atoms with van der Waals surface area (Å²) in [6.45, 7) is 0. The van der Waals surface area contributed by atoms with Gasteiger partial charge in [0.1, 0.15) is 17.4 Å². The molecule has 0 spiro atoms. The number of ether oxygens (including phenoxy) is 3. The molecule has 1 aromatic heterocycles. The summed E-state index contributed by atoms with van der Waals surface area (Å²) in [7, 11) is 2.91. The summed E-state index contributed by atoms with van der Waals surface area (Å²) in [4.78, 5) is 24.8. The Morgan fingerprint density at radius 3 is 2.50 bits per heavy atom. The van der Waals surface area contributed by atoms with Crippen LogP contribution in [0.5, 0.6) is 17.2 Å². The van der Waals surface area contributed by atoms with Gasteiger partial charge in [0.2, 0.25) is 11.5 Å². The van der Waals surface area contributed by atoms with Crippen molar-refractivity contribution in [2.45, 2.75) is 0 Å². The third-order valence-electron chi connectivity index (χ3n) is 4.12. The van der Waals surface area contributed by atoms with Gasteiger partial charge in [-0.25, -0.2) is 4.79 Å². The van der Waals surface area contributed by atoms with Gasteiger partial charge in [0.25, 0.3) is 0 Å². The summed E-state index contributed by atoms with van der Waals surface area (Å²) in [5.74, 6) is -0.112. The number of Topliss-reactive ketones (excluding diaryl/α,β-unsaturated/α-hetero) is 1. The highest BCUT2D eigenvalue weighted by atomic mass is 16.6. The SMILES string of the molecule is COc1cccc(C(=O)/C(C#N)=C/c2ccc(OC(=O)c3ccco3)c(OC)c2)c1. The minimum atomic E-state index is -0.674. The number of carbonyl (C=O) groups excluding carboxylic acids is 2. The van der Waals surface area contributed by atoms with Crippen molar-refractivity contribution in [2.75, 3.05) is 14.2 Å². The van der Waals surface area contributed by atoms with Crippen LogP contribution in [0.1, 0.15) is 26.5 Å². The van der Waals surface area contributed by atoms with Crippen molar-refractivity contribution in [2.24, 2.45) is 0 Å². The van der Waals surface area contributed by atoms with Crippen LogP contribution in [0.3, 0.4) is 0 Å². The van der Waals surface area contributed by atoms with Gasteiger partial charge >= 0.3 is 5.97 Å². The average Bonchev–Trinajstić information content (AvgIpc) is 3.33. The topological polar surface area (TPSA) is 98.8 Å². The molecule has 0 aliphatic heterocycles. The Hall–Kier alpha value is -4.31. The van der Waals surface area contributed by atoms with Gasteiger partial charge in [0.05, 0.1) is 20.5 Å². The second kappa shape index (κ2) is 9.26. The van der Waals surface area contributed by atoms with Crippen LogP contribution >= 0.6 is 0 Å². The molecule has 7 nitrogen and oxygen atoms in total. The summed E-state index contributed by atoms with van der Waals surface area (Å²) in [6, 6.07) is 16.2. The lowest BCUT2D eigenvalue weighted by Crippen LogP contribution is -2.08. The lowest BCUT2D eigenvalue weighted by molar-refractivity contribution is 0.0696. The van der Waals surface area contributed by atoms with Crippen molar-refractivity contribution in [3.63, 3.8) is 0 Å². The van der Waals surface area contributed by atoms with Crippen LogP contribution in [-0.2, 0) is 0 Å². The molecule has 3 aromatic rings. The molecule has 0 N–H and O–H groups in total. The second-order valence-electron chi connectivity index (χ2n) is 6.01. The van der Waals surface area contributed by atoms with E-state index in [2.05, 4.69) is 0 Å². The predicted molar refractivity (Wildman–Crippen MR) is 108 cm³/mol. The molecule has 7 heteroatoms. The molecule has 30 heavy (non-hydrogen) atoms. The molecule has 0 unspecified atom stereocenters. The second-order valence-corrected chi connectivity index (χ2v) is 6.01. The first-order valence-corrected chi connectivity index (χ1v) is 8.80. The van der Waals surface area contributed by atoms with E-state index in [0.29, 0.717) is 16.9 Å². The molecular formula is C23H17NO6. The molecule has 2 aromatic carbocycles. The van der Waals surface area contributed by atoms with E-state index in [-0.39, 0.29) is 22.8 Å². The van der Waals surface area contributed by atoms with E-state index < -0.39 is 11.8 Å². The van der Waals surface area contributed by atoms with Crippen molar-refractivity contribution in [1.82, 2.24) is 0 Å². The number of furan rings is 1. The Labute approximate surface area is 172 Å². The van der Waals surface area contributed by atoms with Crippen LogP contribution in [0.25, 0.3) is 6.08 Å². The zero-order valence-corrected chi connectivity index (χ0v) is 16.2. The highest BCUT2D eigenvalue weighted by Gasteiger charge is 2.16. The van der Waals surface area contributed by atoms with Gasteiger partial charge in [-0.2, -0.15) is 5.26 Å². The van der Waals surface area contributed by atoms with E-state index in [0.717, 1.165) is 0 Å². The Morgan fingerprint density at radius 2 is 1.83 bits per heavy atom. The first-order valence-electron chi connectivity index (χ1n) is 8.80. The van der Waals surface area contributed by atoms with E-state index in [1.807, 2.05) is 6.07 Å². The normalized spacial score (nSPS) is 10.8. The lowest BCUT2D eigenvalue weighted by atomic mass is 10.0. The number of hydrogen-bond acceptors (Lipinski definition) is 7. The van der Waals surface area contributed by atoms with Gasteiger partial charge in [-0.05, 0) is 48.0 Å². The molecule has 0 amide bonds. The van der Waals surface area contributed by atoms with Crippen molar-refractivity contribution in [1.29, 1.82) is 5.26 Å². The van der Waals surface area contributed by atoms with E-state index in [4.69, 9.17) is 18.6 Å². The summed E-state index contributed by atoms with van der Waals surface area (Å²) in [5, 5.41) is 9.47. The average molecular weight is 403 g/mol. The number of benzene rings is 2. The molecule has 0 bridgehead atoms. The number of hydrogen-bond donors (Lipinski definition) is 0. The number of ketones is 1. The molecule has 0 saturated heterocycles. The Kier molecular flexibility index (Phi) is 6.30. The molecule has 150 valence electrons. The molecule has 0 aliphatic rings. The minimum Gasteiger partial charge on any atom is -0.497 e. The Morgan fingerprint density at radius 1 is 1.00 bits per heavy atom. The first kappa shape index (κ1) is 20.4. The summed E-state index contributed by atoms with van der Waals surface area (Å²) in [6.07, 6.45) is 2.80. The van der Waals surface area contributed by atoms with Crippen LogP contribution in [0.4, 0.5) is 0 Å². The van der Waals surface area contributed by atoms with Crippen LogP contribution in [-0.4, -0.2) is 26.0 Å². The standard InChI is InChI=1S/C23H17NO6/c1-27-18-6-3-5-16(13-18)22(25)17(14-24)11-15-8-9-19(21(12-15)28-2)30-23(26)20-7-4-10-29-20/h3-13H,1-2H3/b17-11+. The number of nitriles is 1. The Balaban J connectivity index is 1.87. The quantitative estimate of drug-likeness (QED) is 0.191. The largest absolute Gasteiger partial charge is 0.497 e. The summed E-state index contributed by atoms with van der Waals surface area (Å²) in [5.41, 5.74) is 0.793. The molecule has 0 aliphatic carbocycles. The number of allylic oxidation sites excluding steroid dienone is 1. The van der Waals surface area contributed by atoms with E-state index in [1.165, 1.54) is 38.7 Å². The number of esters is 1. The highest BCUT2D eigenvalue weighted by Crippen LogP contribution is 2.30. The van der Waals surface area contributed by atoms with Crippen LogP contribution < -0.4 is 14.2 Å². The predicted octanol–water partition coefficient (Wildman–Crippen LogP) is 4.31. The molecule has 0 atom stereocenters. The van der Waals surface area contributed by atoms with Gasteiger partial charge in [-0.1, -0.05) is 18.2 Å². The van der Waals surface area contributed by atoms with Gasteiger partial charge in [0.15, 0.2) is 11.5 Å². The summed E-state index contributed by atoms with van der Waals surface area (Å²) >= 11 is 0. The van der Waals surface area contributed by atoms with E-state index >= 15 is 0 Å². The number of carbonyl (C=O) groups is 2. The fraction of sp³-hybridized carbons (Fsp3) is 0.0870. The van der Waals surface area contributed by atoms with Crippen molar-refractivity contribution in [3.05, 3.63) is 83.3 Å². The van der Waals surface area contributed by atoms with Crippen LogP contribution in [0.2, 0.25) is 0 Å². The van der Waals surface area contributed by atoms with Gasteiger partial charge < -0.3 is 18.6 Å². The number of rotatable bonds is 7. The minimum absolute atomic E-state index is 0.0525. The maximum absolute atomic E-state index is 12.7. The molecular weight excluding hydrogens is 386 g/mol. The van der Waals surface area contributed by atoms with Crippen LogP contribution in [0.15, 0.2) is 70.9 Å². The third kappa shape index (κ3) is 4.56. The molecule has 3 rings (SSSR count). The van der Waals surface area contributed by atoms with E-state index in [1.54, 1.807) is 42.5 Å². The zero-order chi connectivity index (χ0) is 21.5. The molecule has 0 saturated carbocycles. The van der Waals surface area contributed by atoms with Crippen molar-refractivity contribution in [3.8, 4) is 23.3 Å². The number of methoxy groups -OCH3 is 2. The molecule has 0 radical (unpaired) electrons. The maximum atomic E-state index is 12.7. The monoisotopic (exact) mass is 403 g/mol. The van der Waals surface area contributed by atoms with E-state index in [9.17, 15) is 14.9 Å². The lowest BCUT2D eigenvalue weighted by Gasteiger charge is -2.09. The summed E-state index contributed by atoms with van der Waals surface area (Å²) < 4.78 is 20.7. The zero-order valence-electron chi connectivity index (χ0n) is 16.2. The molecule has 1 heterocycles. The fourth-order valence-corrected chi connectivity index (χ4v) is 2.64. The Bertz CT molecular complexity index is 1140.